The Bertz CT molecular complexity index is 603. The molecule has 0 aromatic heterocycles. The predicted molar refractivity (Wildman–Crippen MR) is 84.5 cm³/mol. The van der Waals surface area contributed by atoms with Crippen LogP contribution in [-0.4, -0.2) is 13.7 Å². The second kappa shape index (κ2) is 7.43. The Balaban J connectivity index is 2.49. The number of benzene rings is 2. The number of nitrogens with one attached hydrogen (secondary N) is 1. The normalized spacial score (nSPS) is 12.2. The molecule has 2 nitrogen and oxygen atoms in total. The lowest BCUT2D eigenvalue weighted by atomic mass is 9.97. The summed E-state index contributed by atoms with van der Waals surface area (Å²) in [7, 11) is 1.62. The number of ether oxygens (including phenoxy) is 1. The van der Waals surface area contributed by atoms with E-state index in [1.807, 2.05) is 24.3 Å². The Kier molecular flexibility index (Phi) is 5.59. The van der Waals surface area contributed by atoms with Crippen molar-refractivity contribution in [2.24, 2.45) is 0 Å². The van der Waals surface area contributed by atoms with Gasteiger partial charge in [-0.1, -0.05) is 36.7 Å². The van der Waals surface area contributed by atoms with Crippen LogP contribution in [0, 0.1) is 5.82 Å². The lowest BCUT2D eigenvalue weighted by molar-refractivity contribution is 0.402. The summed E-state index contributed by atoms with van der Waals surface area (Å²) in [6.45, 7) is 2.84. The fraction of sp³-hybridized carbons (Fsp3) is 0.294. The molecule has 2 aromatic rings. The van der Waals surface area contributed by atoms with Gasteiger partial charge in [0.25, 0.3) is 0 Å². The van der Waals surface area contributed by atoms with Crippen LogP contribution >= 0.6 is 11.6 Å². The smallest absolute Gasteiger partial charge is 0.128 e. The third-order valence-corrected chi connectivity index (χ3v) is 3.55. The molecule has 2 aromatic carbocycles. The van der Waals surface area contributed by atoms with Crippen molar-refractivity contribution in [3.8, 4) is 5.75 Å². The number of methoxy groups -OCH3 is 1. The largest absolute Gasteiger partial charge is 0.496 e. The maximum atomic E-state index is 14.2. The molecule has 0 fully saturated rings. The summed E-state index contributed by atoms with van der Waals surface area (Å²) in [6, 6.07) is 11.9. The highest BCUT2D eigenvalue weighted by molar-refractivity contribution is 6.30. The van der Waals surface area contributed by atoms with Crippen LogP contribution in [0.15, 0.2) is 42.5 Å². The molecule has 0 aliphatic carbocycles. The van der Waals surface area contributed by atoms with Crippen molar-refractivity contribution in [2.75, 3.05) is 13.7 Å². The van der Waals surface area contributed by atoms with Gasteiger partial charge in [-0.3, -0.25) is 0 Å². The van der Waals surface area contributed by atoms with Crippen LogP contribution in [0.4, 0.5) is 4.39 Å². The summed E-state index contributed by atoms with van der Waals surface area (Å²) < 4.78 is 19.6. The molecule has 21 heavy (non-hydrogen) atoms. The van der Waals surface area contributed by atoms with E-state index in [1.54, 1.807) is 19.2 Å². The summed E-state index contributed by atoms with van der Waals surface area (Å²) in [5.74, 6) is 0.449. The fourth-order valence-corrected chi connectivity index (χ4v) is 2.50. The maximum Gasteiger partial charge on any atom is 0.128 e. The standard InChI is InChI=1S/C17H19ClFNO/c1-3-10-20-17(13-6-4-5-7-16(13)21-2)14-11-12(18)8-9-15(14)19/h4-9,11,17,20H,3,10H2,1-2H3. The van der Waals surface area contributed by atoms with Crippen LogP contribution < -0.4 is 10.1 Å². The monoisotopic (exact) mass is 307 g/mol. The quantitative estimate of drug-likeness (QED) is 0.843. The van der Waals surface area contributed by atoms with Crippen LogP contribution in [0.5, 0.6) is 5.75 Å². The molecule has 0 saturated heterocycles. The molecular weight excluding hydrogens is 289 g/mol. The fourth-order valence-electron chi connectivity index (χ4n) is 2.32. The Hall–Kier alpha value is -1.58. The highest BCUT2D eigenvalue weighted by atomic mass is 35.5. The van der Waals surface area contributed by atoms with Gasteiger partial charge in [0.05, 0.1) is 13.2 Å². The molecule has 1 atom stereocenters. The Labute approximate surface area is 129 Å². The van der Waals surface area contributed by atoms with Gasteiger partial charge in [0.1, 0.15) is 11.6 Å². The summed E-state index contributed by atoms with van der Waals surface area (Å²) in [5.41, 5.74) is 1.43. The van der Waals surface area contributed by atoms with E-state index in [0.29, 0.717) is 10.6 Å². The second-order valence-corrected chi connectivity index (χ2v) is 5.23. The first-order valence-corrected chi connectivity index (χ1v) is 7.36. The lowest BCUT2D eigenvalue weighted by Gasteiger charge is -2.22. The number of hydrogen-bond donors (Lipinski definition) is 1. The Morgan fingerprint density at radius 2 is 1.95 bits per heavy atom. The molecule has 0 saturated carbocycles. The third-order valence-electron chi connectivity index (χ3n) is 3.32. The highest BCUT2D eigenvalue weighted by Gasteiger charge is 2.20. The van der Waals surface area contributed by atoms with E-state index < -0.39 is 0 Å². The van der Waals surface area contributed by atoms with E-state index >= 15 is 0 Å². The van der Waals surface area contributed by atoms with Gasteiger partial charge in [-0.25, -0.2) is 4.39 Å². The first-order valence-electron chi connectivity index (χ1n) is 6.98. The van der Waals surface area contributed by atoms with E-state index in [4.69, 9.17) is 16.3 Å². The van der Waals surface area contributed by atoms with Gasteiger partial charge in [-0.15, -0.1) is 0 Å². The van der Waals surface area contributed by atoms with Gasteiger partial charge in [-0.2, -0.15) is 0 Å². The summed E-state index contributed by atoms with van der Waals surface area (Å²) in [6.07, 6.45) is 0.952. The van der Waals surface area contributed by atoms with E-state index in [0.717, 1.165) is 24.3 Å². The molecule has 112 valence electrons. The van der Waals surface area contributed by atoms with Crippen molar-refractivity contribution in [2.45, 2.75) is 19.4 Å². The summed E-state index contributed by atoms with van der Waals surface area (Å²) in [4.78, 5) is 0. The first-order chi connectivity index (χ1) is 10.2. The van der Waals surface area contributed by atoms with Gasteiger partial charge >= 0.3 is 0 Å². The molecule has 0 amide bonds. The van der Waals surface area contributed by atoms with Crippen LogP contribution in [0.1, 0.15) is 30.5 Å². The van der Waals surface area contributed by atoms with Crippen LogP contribution in [0.3, 0.4) is 0 Å². The molecule has 0 radical (unpaired) electrons. The van der Waals surface area contributed by atoms with E-state index in [9.17, 15) is 4.39 Å². The predicted octanol–water partition coefficient (Wildman–Crippen LogP) is 4.58. The lowest BCUT2D eigenvalue weighted by Crippen LogP contribution is -2.24. The average Bonchev–Trinajstić information content (AvgIpc) is 2.51. The highest BCUT2D eigenvalue weighted by Crippen LogP contribution is 2.32. The van der Waals surface area contributed by atoms with Crippen molar-refractivity contribution in [3.63, 3.8) is 0 Å². The molecule has 0 heterocycles. The van der Waals surface area contributed by atoms with Gasteiger partial charge in [0, 0.05) is 16.1 Å². The van der Waals surface area contributed by atoms with Gasteiger partial charge in [0.15, 0.2) is 0 Å². The zero-order chi connectivity index (χ0) is 15.2. The number of rotatable bonds is 6. The van der Waals surface area contributed by atoms with Crippen molar-refractivity contribution in [1.29, 1.82) is 0 Å². The minimum absolute atomic E-state index is 0.279. The van der Waals surface area contributed by atoms with E-state index in [-0.39, 0.29) is 11.9 Å². The van der Waals surface area contributed by atoms with Crippen molar-refractivity contribution >= 4 is 11.6 Å². The molecule has 1 unspecified atom stereocenters. The maximum absolute atomic E-state index is 14.2. The number of hydrogen-bond acceptors (Lipinski definition) is 2. The zero-order valence-corrected chi connectivity index (χ0v) is 13.0. The minimum Gasteiger partial charge on any atom is -0.496 e. The summed E-state index contributed by atoms with van der Waals surface area (Å²) >= 11 is 6.03. The van der Waals surface area contributed by atoms with Crippen molar-refractivity contribution in [1.82, 2.24) is 5.32 Å². The molecule has 0 aliphatic rings. The molecular formula is C17H19ClFNO. The van der Waals surface area contributed by atoms with Gasteiger partial charge in [0.2, 0.25) is 0 Å². The zero-order valence-electron chi connectivity index (χ0n) is 12.2. The van der Waals surface area contributed by atoms with Crippen molar-refractivity contribution in [3.05, 3.63) is 64.4 Å². The first kappa shape index (κ1) is 15.8. The molecule has 4 heteroatoms. The van der Waals surface area contributed by atoms with Crippen molar-refractivity contribution < 1.29 is 9.13 Å². The number of halogens is 2. The number of para-hydroxylation sites is 1. The van der Waals surface area contributed by atoms with Crippen LogP contribution in [0.2, 0.25) is 5.02 Å². The van der Waals surface area contributed by atoms with Gasteiger partial charge in [-0.05, 0) is 37.2 Å². The molecule has 2 rings (SSSR count). The molecule has 0 bridgehead atoms. The van der Waals surface area contributed by atoms with E-state index in [2.05, 4.69) is 12.2 Å². The molecule has 1 N–H and O–H groups in total. The average molecular weight is 308 g/mol. The van der Waals surface area contributed by atoms with Crippen LogP contribution in [-0.2, 0) is 0 Å². The Morgan fingerprint density at radius 1 is 1.19 bits per heavy atom. The summed E-state index contributed by atoms with van der Waals surface area (Å²) in [5, 5.41) is 3.88. The minimum atomic E-state index is -0.292. The Morgan fingerprint density at radius 3 is 2.67 bits per heavy atom. The SMILES string of the molecule is CCCNC(c1cc(Cl)ccc1F)c1ccccc1OC. The second-order valence-electron chi connectivity index (χ2n) is 4.79. The molecule has 0 spiro atoms. The third kappa shape index (κ3) is 3.74. The van der Waals surface area contributed by atoms with Crippen LogP contribution in [0.25, 0.3) is 0 Å². The topological polar surface area (TPSA) is 21.3 Å². The molecule has 0 aliphatic heterocycles. The van der Waals surface area contributed by atoms with Gasteiger partial charge < -0.3 is 10.1 Å². The van der Waals surface area contributed by atoms with E-state index in [1.165, 1.54) is 6.07 Å².